The summed E-state index contributed by atoms with van der Waals surface area (Å²) in [5.41, 5.74) is 11.5. The highest BCUT2D eigenvalue weighted by molar-refractivity contribution is 5.63. The van der Waals surface area contributed by atoms with Crippen molar-refractivity contribution < 1.29 is 5.11 Å². The third kappa shape index (κ3) is 5.14. The van der Waals surface area contributed by atoms with Crippen LogP contribution in [0.2, 0.25) is 0 Å². The summed E-state index contributed by atoms with van der Waals surface area (Å²) in [6.45, 7) is 12.0. The fraction of sp³-hybridized carbons (Fsp3) is 0.565. The lowest BCUT2D eigenvalue weighted by Crippen LogP contribution is -2.20. The van der Waals surface area contributed by atoms with Gasteiger partial charge in [-0.05, 0) is 63.1 Å². The first-order valence-electron chi connectivity index (χ1n) is 10.1. The normalized spacial score (nSPS) is 19.9. The first-order chi connectivity index (χ1) is 12.5. The number of rotatable bonds is 9. The molecule has 0 heterocycles. The Hall–Kier alpha value is -1.74. The van der Waals surface area contributed by atoms with E-state index >= 15 is 0 Å². The number of hydrogen-bond acceptors (Lipinski definition) is 3. The summed E-state index contributed by atoms with van der Waals surface area (Å²) in [4.78, 5) is 0. The van der Waals surface area contributed by atoms with Crippen molar-refractivity contribution in [3.63, 3.8) is 0 Å². The Labute approximate surface area is 159 Å². The molecule has 1 aromatic carbocycles. The topological polar surface area (TPSA) is 58.3 Å². The van der Waals surface area contributed by atoms with Gasteiger partial charge in [-0.15, -0.1) is 0 Å². The quantitative estimate of drug-likeness (QED) is 0.404. The molecule has 0 aromatic heterocycles. The molecule has 26 heavy (non-hydrogen) atoms. The van der Waals surface area contributed by atoms with E-state index in [0.717, 1.165) is 36.9 Å². The van der Waals surface area contributed by atoms with Gasteiger partial charge in [0.15, 0.2) is 0 Å². The van der Waals surface area contributed by atoms with Gasteiger partial charge in [0, 0.05) is 30.3 Å². The van der Waals surface area contributed by atoms with Gasteiger partial charge in [-0.1, -0.05) is 43.6 Å². The highest BCUT2D eigenvalue weighted by Gasteiger charge is 2.29. The molecular formula is C23H36N2O. The minimum atomic E-state index is 0.172. The molecule has 1 aliphatic rings. The molecule has 3 nitrogen and oxygen atoms in total. The van der Waals surface area contributed by atoms with Crippen LogP contribution in [0.4, 0.5) is 5.69 Å². The number of unbranched alkanes of at least 4 members (excludes halogenated alkanes) is 2. The number of hydrogen-bond donors (Lipinski definition) is 3. The van der Waals surface area contributed by atoms with Crippen LogP contribution >= 0.6 is 0 Å². The lowest BCUT2D eigenvalue weighted by Gasteiger charge is -2.32. The average Bonchev–Trinajstić information content (AvgIpc) is 2.59. The van der Waals surface area contributed by atoms with E-state index in [4.69, 9.17) is 5.73 Å². The Morgan fingerprint density at radius 3 is 2.77 bits per heavy atom. The van der Waals surface area contributed by atoms with Crippen LogP contribution in [0.5, 0.6) is 5.75 Å². The van der Waals surface area contributed by atoms with E-state index < -0.39 is 0 Å². The molecule has 1 aliphatic carbocycles. The molecule has 4 N–H and O–H groups in total. The van der Waals surface area contributed by atoms with Gasteiger partial charge in [0.1, 0.15) is 5.75 Å². The van der Waals surface area contributed by atoms with Gasteiger partial charge in [0.2, 0.25) is 0 Å². The van der Waals surface area contributed by atoms with Crippen molar-refractivity contribution >= 4 is 5.69 Å². The lowest BCUT2D eigenvalue weighted by molar-refractivity contribution is 0.437. The van der Waals surface area contributed by atoms with E-state index in [-0.39, 0.29) is 5.92 Å². The molecule has 0 amide bonds. The summed E-state index contributed by atoms with van der Waals surface area (Å²) in [6, 6.07) is 4.18. The van der Waals surface area contributed by atoms with Gasteiger partial charge in [-0.2, -0.15) is 0 Å². The average molecular weight is 357 g/mol. The van der Waals surface area contributed by atoms with Crippen molar-refractivity contribution in [2.75, 3.05) is 18.4 Å². The molecule has 0 bridgehead atoms. The van der Waals surface area contributed by atoms with Crippen molar-refractivity contribution in [1.29, 1.82) is 0 Å². The van der Waals surface area contributed by atoms with E-state index in [0.29, 0.717) is 24.8 Å². The monoisotopic (exact) mass is 356 g/mol. The number of anilines is 1. The van der Waals surface area contributed by atoms with Crippen LogP contribution in [0.15, 0.2) is 35.9 Å². The van der Waals surface area contributed by atoms with Crippen molar-refractivity contribution in [3.8, 4) is 5.75 Å². The highest BCUT2D eigenvalue weighted by atomic mass is 16.3. The largest absolute Gasteiger partial charge is 0.508 e. The number of phenols is 1. The van der Waals surface area contributed by atoms with E-state index in [9.17, 15) is 5.11 Å². The number of nitrogens with two attached hydrogens (primary N) is 1. The lowest BCUT2D eigenvalue weighted by atomic mass is 9.73. The minimum absolute atomic E-state index is 0.172. The van der Waals surface area contributed by atoms with Crippen molar-refractivity contribution in [3.05, 3.63) is 47.1 Å². The molecule has 0 spiro atoms. The SMILES string of the molecule is C=C(C)[C@@H]1CCC(C)=C[C@H]1c1c(O)cc(CCCCC)cc1NCCN. The fourth-order valence-electron chi connectivity index (χ4n) is 4.03. The van der Waals surface area contributed by atoms with Gasteiger partial charge < -0.3 is 16.2 Å². The van der Waals surface area contributed by atoms with E-state index in [1.165, 1.54) is 29.6 Å². The second kappa shape index (κ2) is 9.82. The Morgan fingerprint density at radius 2 is 2.12 bits per heavy atom. The zero-order valence-electron chi connectivity index (χ0n) is 16.8. The zero-order valence-corrected chi connectivity index (χ0v) is 16.8. The van der Waals surface area contributed by atoms with E-state index in [2.05, 4.69) is 44.8 Å². The molecule has 2 atom stereocenters. The third-order valence-corrected chi connectivity index (χ3v) is 5.46. The fourth-order valence-corrected chi connectivity index (χ4v) is 4.03. The summed E-state index contributed by atoms with van der Waals surface area (Å²) in [6.07, 6.45) is 9.10. The van der Waals surface area contributed by atoms with Crippen molar-refractivity contribution in [2.45, 2.75) is 65.2 Å². The summed E-state index contributed by atoms with van der Waals surface area (Å²) in [5, 5.41) is 14.4. The zero-order chi connectivity index (χ0) is 19.1. The third-order valence-electron chi connectivity index (χ3n) is 5.46. The Kier molecular flexibility index (Phi) is 7.77. The number of aryl methyl sites for hydroxylation is 1. The number of phenolic OH excluding ortho intramolecular Hbond substituents is 1. The number of aromatic hydroxyl groups is 1. The Morgan fingerprint density at radius 1 is 1.35 bits per heavy atom. The molecular weight excluding hydrogens is 320 g/mol. The van der Waals surface area contributed by atoms with Gasteiger partial charge >= 0.3 is 0 Å². The predicted molar refractivity (Wildman–Crippen MR) is 113 cm³/mol. The van der Waals surface area contributed by atoms with Crippen LogP contribution in [0, 0.1) is 5.92 Å². The molecule has 0 radical (unpaired) electrons. The second-order valence-corrected chi connectivity index (χ2v) is 7.78. The first kappa shape index (κ1) is 20.6. The minimum Gasteiger partial charge on any atom is -0.508 e. The maximum absolute atomic E-state index is 10.9. The van der Waals surface area contributed by atoms with Gasteiger partial charge in [-0.25, -0.2) is 0 Å². The first-order valence-corrected chi connectivity index (χ1v) is 10.1. The van der Waals surface area contributed by atoms with Crippen molar-refractivity contribution in [2.24, 2.45) is 11.7 Å². The standard InChI is InChI=1S/C23H36N2O/c1-5-6-7-8-18-14-21(25-12-11-24)23(22(26)15-18)20-13-17(4)9-10-19(20)16(2)3/h13-15,19-20,25-26H,2,5-12,24H2,1,3-4H3/t19-,20+/m0/s1. The van der Waals surface area contributed by atoms with E-state index in [1.54, 1.807) is 0 Å². The van der Waals surface area contributed by atoms with Crippen LogP contribution in [0.1, 0.15) is 69.9 Å². The van der Waals surface area contributed by atoms with Crippen LogP contribution < -0.4 is 11.1 Å². The summed E-state index contributed by atoms with van der Waals surface area (Å²) in [5.74, 6) is 0.945. The highest BCUT2D eigenvalue weighted by Crippen LogP contribution is 2.46. The summed E-state index contributed by atoms with van der Waals surface area (Å²) < 4.78 is 0. The molecule has 2 rings (SSSR count). The molecule has 0 unspecified atom stereocenters. The molecule has 0 aliphatic heterocycles. The maximum atomic E-state index is 10.9. The maximum Gasteiger partial charge on any atom is 0.121 e. The van der Waals surface area contributed by atoms with Crippen LogP contribution in [0.25, 0.3) is 0 Å². The molecule has 0 saturated heterocycles. The predicted octanol–water partition coefficient (Wildman–Crippen LogP) is 5.51. The number of nitrogens with one attached hydrogen (secondary N) is 1. The number of benzene rings is 1. The summed E-state index contributed by atoms with van der Waals surface area (Å²) in [7, 11) is 0. The summed E-state index contributed by atoms with van der Waals surface area (Å²) >= 11 is 0. The van der Waals surface area contributed by atoms with Gasteiger partial charge in [-0.3, -0.25) is 0 Å². The second-order valence-electron chi connectivity index (χ2n) is 7.78. The van der Waals surface area contributed by atoms with Crippen LogP contribution in [0.3, 0.4) is 0 Å². The van der Waals surface area contributed by atoms with Crippen molar-refractivity contribution in [1.82, 2.24) is 0 Å². The molecule has 144 valence electrons. The van der Waals surface area contributed by atoms with Gasteiger partial charge in [0.25, 0.3) is 0 Å². The van der Waals surface area contributed by atoms with Crippen LogP contribution in [-0.4, -0.2) is 18.2 Å². The van der Waals surface area contributed by atoms with Crippen LogP contribution in [-0.2, 0) is 6.42 Å². The Bertz CT molecular complexity index is 648. The molecule has 1 aromatic rings. The molecule has 0 saturated carbocycles. The Balaban J connectivity index is 2.43. The van der Waals surface area contributed by atoms with Gasteiger partial charge in [0.05, 0.1) is 0 Å². The molecule has 0 fully saturated rings. The molecule has 3 heteroatoms. The smallest absolute Gasteiger partial charge is 0.121 e. The van der Waals surface area contributed by atoms with E-state index in [1.807, 2.05) is 6.07 Å². The number of allylic oxidation sites excluding steroid dienone is 3.